The van der Waals surface area contributed by atoms with Gasteiger partial charge in [-0.3, -0.25) is 4.79 Å². The smallest absolute Gasteiger partial charge is 0.181 e. The van der Waals surface area contributed by atoms with Gasteiger partial charge >= 0.3 is 0 Å². The number of nitriles is 2. The first-order valence-corrected chi connectivity index (χ1v) is 8.20. The van der Waals surface area contributed by atoms with Gasteiger partial charge in [0.05, 0.1) is 22.5 Å². The van der Waals surface area contributed by atoms with Gasteiger partial charge in [-0.1, -0.05) is 47.7 Å². The minimum atomic E-state index is -0.186. The second kappa shape index (κ2) is 7.47. The Morgan fingerprint density at radius 3 is 2.33 bits per heavy atom. The van der Waals surface area contributed by atoms with Crippen LogP contribution in [0.4, 0.5) is 0 Å². The van der Waals surface area contributed by atoms with Crippen LogP contribution in [-0.2, 0) is 0 Å². The molecule has 1 aromatic heterocycles. The lowest BCUT2D eigenvalue weighted by Crippen LogP contribution is -2.04. The minimum Gasteiger partial charge on any atom is -0.293 e. The van der Waals surface area contributed by atoms with Crippen LogP contribution < -0.4 is 0 Å². The van der Waals surface area contributed by atoms with E-state index in [1.165, 1.54) is 11.6 Å². The van der Waals surface area contributed by atoms with Crippen LogP contribution in [0.5, 0.6) is 0 Å². The molecule has 0 unspecified atom stereocenters. The van der Waals surface area contributed by atoms with Crippen LogP contribution in [0.1, 0.15) is 45.4 Å². The molecule has 130 valence electrons. The topological polar surface area (TPSA) is 95.4 Å². The van der Waals surface area contributed by atoms with E-state index >= 15 is 0 Å². The molecule has 0 atom stereocenters. The molecule has 0 aliphatic rings. The summed E-state index contributed by atoms with van der Waals surface area (Å²) in [6, 6.07) is 17.0. The van der Waals surface area contributed by atoms with Crippen molar-refractivity contribution in [3.63, 3.8) is 0 Å². The van der Waals surface area contributed by atoms with Gasteiger partial charge in [-0.05, 0) is 24.6 Å². The molecule has 0 fully saturated rings. The fourth-order valence-corrected chi connectivity index (χ4v) is 2.74. The Hall–Kier alpha value is -4.03. The number of ketones is 1. The number of rotatable bonds is 4. The van der Waals surface area contributed by atoms with Gasteiger partial charge in [-0.15, -0.1) is 5.10 Å². The lowest BCUT2D eigenvalue weighted by molar-refractivity contribution is 0.101. The third kappa shape index (κ3) is 3.51. The minimum absolute atomic E-state index is 0.186. The molecule has 0 aliphatic heterocycles. The second-order valence-corrected chi connectivity index (χ2v) is 5.92. The average molecular weight is 353 g/mol. The number of carbonyl (C=O) groups is 1. The Bertz CT molecular complexity index is 1130. The summed E-state index contributed by atoms with van der Waals surface area (Å²) in [5.74, 6) is -0.186. The van der Waals surface area contributed by atoms with Gasteiger partial charge < -0.3 is 0 Å². The van der Waals surface area contributed by atoms with Crippen molar-refractivity contribution in [2.75, 3.05) is 0 Å². The van der Waals surface area contributed by atoms with Crippen LogP contribution in [0.2, 0.25) is 0 Å². The zero-order valence-corrected chi connectivity index (χ0v) is 14.8. The molecule has 0 amide bonds. The highest BCUT2D eigenvalue weighted by Crippen LogP contribution is 2.24. The van der Waals surface area contributed by atoms with E-state index in [9.17, 15) is 15.3 Å². The summed E-state index contributed by atoms with van der Waals surface area (Å²) in [4.78, 5) is 11.7. The summed E-state index contributed by atoms with van der Waals surface area (Å²) in [5.41, 5.74) is 3.63. The molecule has 2 aromatic carbocycles. The van der Waals surface area contributed by atoms with Crippen LogP contribution in [0.3, 0.4) is 0 Å². The number of hydrogen-bond acceptors (Lipinski definition) is 5. The van der Waals surface area contributed by atoms with Crippen LogP contribution >= 0.6 is 0 Å². The molecule has 0 N–H and O–H groups in total. The van der Waals surface area contributed by atoms with E-state index in [0.717, 1.165) is 5.56 Å². The van der Waals surface area contributed by atoms with Crippen LogP contribution in [0, 0.1) is 29.6 Å². The molecule has 0 saturated carbocycles. The van der Waals surface area contributed by atoms with Gasteiger partial charge in [0.15, 0.2) is 11.5 Å². The SMILES string of the molecule is CC(=O)c1nnn(-c2cc(C#N)c(C#N)cc2/C=C/c2ccccc2)c1C. The Morgan fingerprint density at radius 1 is 1.07 bits per heavy atom. The first-order chi connectivity index (χ1) is 13.0. The summed E-state index contributed by atoms with van der Waals surface area (Å²) in [6.45, 7) is 3.17. The Morgan fingerprint density at radius 2 is 1.74 bits per heavy atom. The predicted octanol–water partition coefficient (Wildman–Crippen LogP) is 3.69. The lowest BCUT2D eigenvalue weighted by atomic mass is 10.0. The highest BCUT2D eigenvalue weighted by Gasteiger charge is 2.17. The van der Waals surface area contributed by atoms with E-state index in [1.54, 1.807) is 19.1 Å². The molecule has 0 spiro atoms. The zero-order valence-electron chi connectivity index (χ0n) is 14.8. The normalized spacial score (nSPS) is 10.5. The van der Waals surface area contributed by atoms with E-state index in [0.29, 0.717) is 16.9 Å². The van der Waals surface area contributed by atoms with Crippen LogP contribution in [0.25, 0.3) is 17.8 Å². The highest BCUT2D eigenvalue weighted by molar-refractivity contribution is 5.93. The number of benzene rings is 2. The number of carbonyl (C=O) groups excluding carboxylic acids is 1. The van der Waals surface area contributed by atoms with Gasteiger partial charge in [0, 0.05) is 12.5 Å². The highest BCUT2D eigenvalue weighted by atomic mass is 16.1. The molecule has 1 heterocycles. The first kappa shape index (κ1) is 17.8. The van der Waals surface area contributed by atoms with Gasteiger partial charge in [-0.25, -0.2) is 4.68 Å². The maximum Gasteiger partial charge on any atom is 0.181 e. The summed E-state index contributed by atoms with van der Waals surface area (Å²) in [6.07, 6.45) is 3.76. The van der Waals surface area contributed by atoms with Crippen molar-refractivity contribution in [1.29, 1.82) is 10.5 Å². The fraction of sp³-hybridized carbons (Fsp3) is 0.0952. The van der Waals surface area contributed by atoms with Gasteiger partial charge in [0.25, 0.3) is 0 Å². The van der Waals surface area contributed by atoms with Crippen molar-refractivity contribution in [1.82, 2.24) is 15.0 Å². The van der Waals surface area contributed by atoms with Crippen LogP contribution in [0.15, 0.2) is 42.5 Å². The summed E-state index contributed by atoms with van der Waals surface area (Å²) >= 11 is 0. The monoisotopic (exact) mass is 353 g/mol. The molecule has 6 heteroatoms. The van der Waals surface area contributed by atoms with Crippen molar-refractivity contribution in [3.8, 4) is 17.8 Å². The standard InChI is InChI=1S/C21H15N5O/c1-14-21(15(2)27)24-25-26(14)20-11-19(13-23)18(12-22)10-17(20)9-8-16-6-4-3-5-7-16/h3-11H,1-2H3/b9-8+. The Kier molecular flexibility index (Phi) is 4.92. The third-order valence-corrected chi connectivity index (χ3v) is 4.12. The molecule has 6 nitrogen and oxygen atoms in total. The maximum atomic E-state index is 11.7. The second-order valence-electron chi connectivity index (χ2n) is 5.92. The Balaban J connectivity index is 2.20. The van der Waals surface area contributed by atoms with Gasteiger partial charge in [0.2, 0.25) is 0 Å². The van der Waals surface area contributed by atoms with E-state index in [1.807, 2.05) is 54.6 Å². The molecule has 27 heavy (non-hydrogen) atoms. The molecule has 0 aliphatic carbocycles. The molecular formula is C21H15N5O. The summed E-state index contributed by atoms with van der Waals surface area (Å²) < 4.78 is 1.52. The average Bonchev–Trinajstić information content (AvgIpc) is 3.07. The number of nitrogens with zero attached hydrogens (tertiary/aromatic N) is 5. The van der Waals surface area contributed by atoms with E-state index in [-0.39, 0.29) is 22.6 Å². The fourth-order valence-electron chi connectivity index (χ4n) is 2.74. The molecular weight excluding hydrogens is 338 g/mol. The van der Waals surface area contributed by atoms with Gasteiger partial charge in [-0.2, -0.15) is 10.5 Å². The van der Waals surface area contributed by atoms with Crippen molar-refractivity contribution in [2.45, 2.75) is 13.8 Å². The maximum absolute atomic E-state index is 11.7. The molecule has 0 radical (unpaired) electrons. The summed E-state index contributed by atoms with van der Waals surface area (Å²) in [7, 11) is 0. The van der Waals surface area contributed by atoms with Crippen molar-refractivity contribution >= 4 is 17.9 Å². The number of Topliss-reactive ketones (excluding diaryl/α,β-unsaturated/α-hetero) is 1. The number of aromatic nitrogens is 3. The first-order valence-electron chi connectivity index (χ1n) is 8.20. The van der Waals surface area contributed by atoms with E-state index in [2.05, 4.69) is 10.3 Å². The number of hydrogen-bond donors (Lipinski definition) is 0. The molecule has 3 aromatic rings. The molecule has 0 saturated heterocycles. The summed E-state index contributed by atoms with van der Waals surface area (Å²) in [5, 5.41) is 26.7. The Labute approximate surface area is 156 Å². The van der Waals surface area contributed by atoms with Crippen molar-refractivity contribution in [2.24, 2.45) is 0 Å². The zero-order chi connectivity index (χ0) is 19.4. The third-order valence-electron chi connectivity index (χ3n) is 4.12. The van der Waals surface area contributed by atoms with Crippen molar-refractivity contribution in [3.05, 3.63) is 76.1 Å². The van der Waals surface area contributed by atoms with Crippen molar-refractivity contribution < 1.29 is 4.79 Å². The predicted molar refractivity (Wildman–Crippen MR) is 101 cm³/mol. The lowest BCUT2D eigenvalue weighted by Gasteiger charge is -2.10. The molecule has 0 bridgehead atoms. The van der Waals surface area contributed by atoms with E-state index < -0.39 is 0 Å². The largest absolute Gasteiger partial charge is 0.293 e. The van der Waals surface area contributed by atoms with Crippen LogP contribution in [-0.4, -0.2) is 20.8 Å². The quantitative estimate of drug-likeness (QED) is 0.526. The van der Waals surface area contributed by atoms with E-state index in [4.69, 9.17) is 0 Å². The molecule has 3 rings (SSSR count). The van der Waals surface area contributed by atoms with Gasteiger partial charge in [0.1, 0.15) is 12.1 Å².